The van der Waals surface area contributed by atoms with Crippen LogP contribution in [0.3, 0.4) is 0 Å². The predicted molar refractivity (Wildman–Crippen MR) is 130 cm³/mol. The summed E-state index contributed by atoms with van der Waals surface area (Å²) >= 11 is 0. The minimum absolute atomic E-state index is 0.103. The van der Waals surface area contributed by atoms with Gasteiger partial charge in [-0.05, 0) is 63.4 Å². The summed E-state index contributed by atoms with van der Waals surface area (Å²) in [5.41, 5.74) is 0.358. The zero-order chi connectivity index (χ0) is 26.1. The molecular formula is C25H29N3O8. The van der Waals surface area contributed by atoms with Crippen LogP contribution in [0.15, 0.2) is 42.5 Å². The van der Waals surface area contributed by atoms with Crippen molar-refractivity contribution in [1.29, 1.82) is 0 Å². The van der Waals surface area contributed by atoms with E-state index in [4.69, 9.17) is 14.2 Å². The van der Waals surface area contributed by atoms with E-state index in [0.717, 1.165) is 32.4 Å². The molecule has 1 heterocycles. The van der Waals surface area contributed by atoms with Gasteiger partial charge in [0.1, 0.15) is 0 Å². The number of amides is 2. The van der Waals surface area contributed by atoms with Crippen molar-refractivity contribution in [3.05, 3.63) is 58.1 Å². The first-order chi connectivity index (χ1) is 17.3. The molecule has 36 heavy (non-hydrogen) atoms. The average molecular weight is 500 g/mol. The molecule has 0 spiro atoms. The van der Waals surface area contributed by atoms with Gasteiger partial charge in [-0.15, -0.1) is 0 Å². The second kappa shape index (κ2) is 12.5. The van der Waals surface area contributed by atoms with Gasteiger partial charge < -0.3 is 24.4 Å². The highest BCUT2D eigenvalue weighted by molar-refractivity contribution is 5.97. The van der Waals surface area contributed by atoms with Crippen LogP contribution >= 0.6 is 0 Å². The molecule has 0 aromatic heterocycles. The number of piperidine rings is 1. The van der Waals surface area contributed by atoms with Crippen molar-refractivity contribution in [3.8, 4) is 11.5 Å². The van der Waals surface area contributed by atoms with Gasteiger partial charge in [0.25, 0.3) is 17.5 Å². The van der Waals surface area contributed by atoms with Gasteiger partial charge >= 0.3 is 5.97 Å². The number of likely N-dealkylation sites (tertiary alicyclic amines) is 1. The summed E-state index contributed by atoms with van der Waals surface area (Å²) < 4.78 is 16.5. The molecule has 1 atom stereocenters. The second-order valence-corrected chi connectivity index (χ2v) is 8.17. The maximum Gasteiger partial charge on any atom is 0.339 e. The fraction of sp³-hybridized carbons (Fsp3) is 0.400. The molecule has 1 saturated heterocycles. The Morgan fingerprint density at radius 1 is 1.03 bits per heavy atom. The highest BCUT2D eigenvalue weighted by Gasteiger charge is 2.22. The number of hydrogen-bond donors (Lipinski definition) is 1. The molecule has 192 valence electrons. The van der Waals surface area contributed by atoms with E-state index in [1.165, 1.54) is 49.4 Å². The fourth-order valence-electron chi connectivity index (χ4n) is 3.59. The van der Waals surface area contributed by atoms with E-state index in [2.05, 4.69) is 5.32 Å². The Bertz CT molecular complexity index is 1100. The van der Waals surface area contributed by atoms with Gasteiger partial charge in [-0.1, -0.05) is 0 Å². The monoisotopic (exact) mass is 499 g/mol. The molecule has 1 fully saturated rings. The highest BCUT2D eigenvalue weighted by Crippen LogP contribution is 2.29. The molecule has 2 amide bonds. The van der Waals surface area contributed by atoms with Gasteiger partial charge in [0, 0.05) is 30.9 Å². The molecule has 0 bridgehead atoms. The molecule has 3 rings (SSSR count). The number of non-ortho nitro benzene ring substituents is 1. The van der Waals surface area contributed by atoms with E-state index < -0.39 is 22.9 Å². The summed E-state index contributed by atoms with van der Waals surface area (Å²) in [5, 5.41) is 13.3. The van der Waals surface area contributed by atoms with Crippen LogP contribution in [-0.2, 0) is 14.3 Å². The minimum atomic E-state index is -1.14. The van der Waals surface area contributed by atoms with Gasteiger partial charge in [-0.2, -0.15) is 0 Å². The predicted octanol–water partition coefficient (Wildman–Crippen LogP) is 3.57. The zero-order valence-electron chi connectivity index (χ0n) is 20.2. The van der Waals surface area contributed by atoms with Gasteiger partial charge in [0.2, 0.25) is 0 Å². The lowest BCUT2D eigenvalue weighted by Gasteiger charge is -2.26. The Kier molecular flexibility index (Phi) is 9.20. The van der Waals surface area contributed by atoms with Crippen LogP contribution < -0.4 is 14.8 Å². The molecule has 1 N–H and O–H groups in total. The van der Waals surface area contributed by atoms with E-state index in [1.807, 2.05) is 0 Å². The quantitative estimate of drug-likeness (QED) is 0.298. The molecule has 0 aliphatic carbocycles. The van der Waals surface area contributed by atoms with Crippen LogP contribution in [0.2, 0.25) is 0 Å². The van der Waals surface area contributed by atoms with Crippen molar-refractivity contribution in [2.24, 2.45) is 0 Å². The molecule has 11 nitrogen and oxygen atoms in total. The van der Waals surface area contributed by atoms with Crippen molar-refractivity contribution in [1.82, 2.24) is 4.90 Å². The molecule has 0 saturated carbocycles. The number of hydrogen-bond acceptors (Lipinski definition) is 8. The summed E-state index contributed by atoms with van der Waals surface area (Å²) in [5.74, 6) is -0.853. The molecule has 0 radical (unpaired) electrons. The first-order valence-electron chi connectivity index (χ1n) is 11.7. The first kappa shape index (κ1) is 26.5. The standard InChI is InChI=1S/C25H29N3O8/c1-3-34-22-15-18(7-12-21(22)35-16-23(29)27-13-5-4-6-14-27)25(31)36-17(2)24(30)26-19-8-10-20(11-9-19)28(32)33/h7-12,15,17H,3-6,13-14,16H2,1-2H3,(H,26,30). The molecule has 1 aliphatic rings. The van der Waals surface area contributed by atoms with Crippen LogP contribution in [0.4, 0.5) is 11.4 Å². The van der Waals surface area contributed by atoms with E-state index >= 15 is 0 Å². The highest BCUT2D eigenvalue weighted by atomic mass is 16.6. The van der Waals surface area contributed by atoms with E-state index in [-0.39, 0.29) is 29.5 Å². The molecule has 2 aromatic carbocycles. The van der Waals surface area contributed by atoms with Gasteiger partial charge in [-0.25, -0.2) is 4.79 Å². The van der Waals surface area contributed by atoms with Crippen LogP contribution in [0.5, 0.6) is 11.5 Å². The summed E-state index contributed by atoms with van der Waals surface area (Å²) in [4.78, 5) is 49.4. The number of carbonyl (C=O) groups excluding carboxylic acids is 3. The van der Waals surface area contributed by atoms with Crippen LogP contribution in [-0.4, -0.2) is 60.0 Å². The number of ether oxygens (including phenoxy) is 3. The van der Waals surface area contributed by atoms with Crippen molar-refractivity contribution < 1.29 is 33.5 Å². The Hall–Kier alpha value is -4.15. The largest absolute Gasteiger partial charge is 0.490 e. The smallest absolute Gasteiger partial charge is 0.339 e. The summed E-state index contributed by atoms with van der Waals surface area (Å²) in [6, 6.07) is 9.70. The van der Waals surface area contributed by atoms with Gasteiger partial charge in [0.05, 0.1) is 17.1 Å². The van der Waals surface area contributed by atoms with Crippen LogP contribution in [0.25, 0.3) is 0 Å². The maximum absolute atomic E-state index is 12.6. The lowest BCUT2D eigenvalue weighted by molar-refractivity contribution is -0.384. The number of esters is 1. The normalized spacial score (nSPS) is 13.9. The molecule has 1 unspecified atom stereocenters. The summed E-state index contributed by atoms with van der Waals surface area (Å²) in [6.07, 6.45) is 1.95. The van der Waals surface area contributed by atoms with E-state index in [1.54, 1.807) is 11.8 Å². The lowest BCUT2D eigenvalue weighted by Crippen LogP contribution is -2.38. The minimum Gasteiger partial charge on any atom is -0.490 e. The van der Waals surface area contributed by atoms with Crippen LogP contribution in [0.1, 0.15) is 43.5 Å². The van der Waals surface area contributed by atoms with Crippen LogP contribution in [0, 0.1) is 10.1 Å². The number of carbonyl (C=O) groups is 3. The molecule has 2 aromatic rings. The Morgan fingerprint density at radius 3 is 2.36 bits per heavy atom. The molecule has 11 heteroatoms. The van der Waals surface area contributed by atoms with Gasteiger partial charge in [-0.3, -0.25) is 19.7 Å². The molecular weight excluding hydrogens is 470 g/mol. The number of anilines is 1. The zero-order valence-corrected chi connectivity index (χ0v) is 20.2. The summed E-state index contributed by atoms with van der Waals surface area (Å²) in [7, 11) is 0. The first-order valence-corrected chi connectivity index (χ1v) is 11.7. The number of rotatable bonds is 10. The topological polar surface area (TPSA) is 137 Å². The van der Waals surface area contributed by atoms with Crippen molar-refractivity contribution in [3.63, 3.8) is 0 Å². The third kappa shape index (κ3) is 7.17. The number of nitrogens with one attached hydrogen (secondary N) is 1. The van der Waals surface area contributed by atoms with Crippen molar-refractivity contribution in [2.75, 3.05) is 31.6 Å². The summed E-state index contributed by atoms with van der Waals surface area (Å²) in [6.45, 7) is 4.80. The Morgan fingerprint density at radius 2 is 1.72 bits per heavy atom. The number of nitrogens with zero attached hydrogens (tertiary/aromatic N) is 2. The lowest BCUT2D eigenvalue weighted by atomic mass is 10.1. The van der Waals surface area contributed by atoms with E-state index in [9.17, 15) is 24.5 Å². The Labute approximate surface area is 208 Å². The third-order valence-electron chi connectivity index (χ3n) is 5.54. The fourth-order valence-corrected chi connectivity index (χ4v) is 3.59. The number of benzene rings is 2. The van der Waals surface area contributed by atoms with Crippen molar-refractivity contribution >= 4 is 29.2 Å². The number of nitro groups is 1. The SMILES string of the molecule is CCOc1cc(C(=O)OC(C)C(=O)Nc2ccc([N+](=O)[O-])cc2)ccc1OCC(=O)N1CCCCC1. The average Bonchev–Trinajstić information content (AvgIpc) is 2.88. The second-order valence-electron chi connectivity index (χ2n) is 8.17. The van der Waals surface area contributed by atoms with Crippen molar-refractivity contribution in [2.45, 2.75) is 39.2 Å². The number of nitro benzene ring substituents is 1. The van der Waals surface area contributed by atoms with Gasteiger partial charge in [0.15, 0.2) is 24.2 Å². The Balaban J connectivity index is 1.59. The molecule has 1 aliphatic heterocycles. The maximum atomic E-state index is 12.6. The van der Waals surface area contributed by atoms with E-state index in [0.29, 0.717) is 18.0 Å². The third-order valence-corrected chi connectivity index (χ3v) is 5.54.